The molecule has 0 aliphatic carbocycles. The van der Waals surface area contributed by atoms with Gasteiger partial charge in [-0.25, -0.2) is 0 Å². The molecule has 0 radical (unpaired) electrons. The van der Waals surface area contributed by atoms with E-state index in [1.54, 1.807) is 0 Å². The molecule has 0 rings (SSSR count). The second-order valence-corrected chi connectivity index (χ2v) is 0. The molecule has 20 valence electrons. The van der Waals surface area contributed by atoms with E-state index in [0.717, 1.165) is 0 Å². The normalized spacial score (nSPS) is 1.50. The SMILES string of the molecule is [KH].[LiH].[O]=[Ni]. The van der Waals surface area contributed by atoms with Crippen LogP contribution in [0.4, 0.5) is 0 Å². The van der Waals surface area contributed by atoms with E-state index in [2.05, 4.69) is 15.4 Å². The number of hydrogen-bond acceptors (Lipinski definition) is 1. The molecule has 0 aliphatic rings. The first kappa shape index (κ1) is 16.0. The molecule has 0 unspecified atom stereocenters. The molecule has 0 aliphatic heterocycles. The summed E-state index contributed by atoms with van der Waals surface area (Å²) < 4.78 is 7.88. The number of rotatable bonds is 0. The van der Waals surface area contributed by atoms with Crippen LogP contribution in [0.15, 0.2) is 0 Å². The van der Waals surface area contributed by atoms with Crippen molar-refractivity contribution in [2.24, 2.45) is 0 Å². The average Bonchev–Trinajstić information content (AvgIpc) is 1.00. The molecule has 0 spiro atoms. The van der Waals surface area contributed by atoms with Crippen LogP contribution in [0.5, 0.6) is 0 Å². The van der Waals surface area contributed by atoms with Crippen molar-refractivity contribution < 1.29 is 19.3 Å². The summed E-state index contributed by atoms with van der Waals surface area (Å²) in [5, 5.41) is 0. The number of hydrogen-bond donors (Lipinski definition) is 0. The maximum absolute atomic E-state index is 7.88. The first-order valence-corrected chi connectivity index (χ1v) is 0.532. The van der Waals surface area contributed by atoms with Gasteiger partial charge in [0.25, 0.3) is 0 Å². The van der Waals surface area contributed by atoms with E-state index in [9.17, 15) is 0 Å². The first-order chi connectivity index (χ1) is 1.00. The molecule has 0 bridgehead atoms. The molecule has 0 saturated heterocycles. The van der Waals surface area contributed by atoms with Crippen molar-refractivity contribution in [3.8, 4) is 0 Å². The van der Waals surface area contributed by atoms with Crippen molar-refractivity contribution in [1.29, 1.82) is 0 Å². The van der Waals surface area contributed by atoms with Gasteiger partial charge >= 0.3 is 89.5 Å². The molecule has 0 N–H and O–H groups in total. The van der Waals surface area contributed by atoms with Gasteiger partial charge in [0, 0.05) is 0 Å². The van der Waals surface area contributed by atoms with Crippen LogP contribution in [0.2, 0.25) is 0 Å². The Morgan fingerprint density at radius 3 is 1.25 bits per heavy atom. The standard InChI is InChI=1S/K.Li.Ni.O.2H. The molecular formula is H2KLiNiO. The molecule has 0 aromatic carbocycles. The Labute approximate surface area is 87.4 Å². The van der Waals surface area contributed by atoms with Gasteiger partial charge in [-0.05, 0) is 0 Å². The molecule has 0 atom stereocenters. The quantitative estimate of drug-likeness (QED) is 0.361. The zero-order valence-electron chi connectivity index (χ0n) is 0.724. The molecular weight excluding hydrogens is 121 g/mol. The van der Waals surface area contributed by atoms with Crippen LogP contribution in [0.25, 0.3) is 0 Å². The van der Waals surface area contributed by atoms with Crippen LogP contribution in [-0.2, 0) is 19.3 Å². The van der Waals surface area contributed by atoms with Crippen molar-refractivity contribution in [3.05, 3.63) is 0 Å². The first-order valence-electron chi connectivity index (χ1n) is 0.129. The Kier molecular flexibility index (Phi) is 71.1. The third-order valence-corrected chi connectivity index (χ3v) is 0. The van der Waals surface area contributed by atoms with Gasteiger partial charge in [0.1, 0.15) is 0 Å². The van der Waals surface area contributed by atoms with Gasteiger partial charge in [-0.3, -0.25) is 0 Å². The second kappa shape index (κ2) is 17.7. The van der Waals surface area contributed by atoms with Crippen molar-refractivity contribution in [2.45, 2.75) is 0 Å². The van der Waals surface area contributed by atoms with Crippen LogP contribution in [0.1, 0.15) is 0 Å². The second-order valence-electron chi connectivity index (χ2n) is 0. The van der Waals surface area contributed by atoms with Gasteiger partial charge in [0.15, 0.2) is 0 Å². The van der Waals surface area contributed by atoms with Crippen molar-refractivity contribution >= 4 is 70.2 Å². The maximum atomic E-state index is 7.88. The summed E-state index contributed by atoms with van der Waals surface area (Å²) in [5.74, 6) is 0. The van der Waals surface area contributed by atoms with E-state index < -0.39 is 0 Å². The molecule has 0 fully saturated rings. The van der Waals surface area contributed by atoms with E-state index >= 15 is 0 Å². The van der Waals surface area contributed by atoms with E-state index in [-0.39, 0.29) is 70.2 Å². The summed E-state index contributed by atoms with van der Waals surface area (Å²) in [4.78, 5) is 0. The fourth-order valence-electron chi connectivity index (χ4n) is 0. The Bertz CT molecular complexity index is 8.00. The predicted molar refractivity (Wildman–Crippen MR) is 15.0 cm³/mol. The summed E-state index contributed by atoms with van der Waals surface area (Å²) in [6, 6.07) is 0. The van der Waals surface area contributed by atoms with Gasteiger partial charge in [-0.15, -0.1) is 0 Å². The molecule has 4 heavy (non-hydrogen) atoms. The van der Waals surface area contributed by atoms with Crippen molar-refractivity contribution in [3.63, 3.8) is 0 Å². The molecule has 4 heteroatoms. The summed E-state index contributed by atoms with van der Waals surface area (Å²) in [6.07, 6.45) is 0. The minimum absolute atomic E-state index is 0. The average molecular weight is 123 g/mol. The summed E-state index contributed by atoms with van der Waals surface area (Å²) in [6.45, 7) is 0. The van der Waals surface area contributed by atoms with Gasteiger partial charge in [0.05, 0.1) is 0 Å². The topological polar surface area (TPSA) is 17.1 Å². The molecule has 0 saturated carbocycles. The van der Waals surface area contributed by atoms with Gasteiger partial charge in [-0.2, -0.15) is 0 Å². The van der Waals surface area contributed by atoms with Gasteiger partial charge in [-0.1, -0.05) is 0 Å². The van der Waals surface area contributed by atoms with Crippen LogP contribution in [0.3, 0.4) is 0 Å². The van der Waals surface area contributed by atoms with Crippen LogP contribution in [0, 0.1) is 0 Å². The molecule has 1 nitrogen and oxygen atoms in total. The minimum atomic E-state index is 0. The van der Waals surface area contributed by atoms with E-state index in [0.29, 0.717) is 0 Å². The molecule has 0 heterocycles. The summed E-state index contributed by atoms with van der Waals surface area (Å²) in [7, 11) is 0. The fourth-order valence-corrected chi connectivity index (χ4v) is 0. The van der Waals surface area contributed by atoms with E-state index in [4.69, 9.17) is 3.90 Å². The zero-order valence-corrected chi connectivity index (χ0v) is 1.71. The van der Waals surface area contributed by atoms with Crippen molar-refractivity contribution in [1.82, 2.24) is 0 Å². The fraction of sp³-hybridized carbons (Fsp3) is 0. The Balaban J connectivity index is -0.00000000500. The molecule has 0 aromatic rings. The van der Waals surface area contributed by atoms with Gasteiger partial charge in [0.2, 0.25) is 0 Å². The van der Waals surface area contributed by atoms with Crippen LogP contribution >= 0.6 is 0 Å². The van der Waals surface area contributed by atoms with Gasteiger partial charge < -0.3 is 0 Å². The third kappa shape index (κ3) is 8.82. The van der Waals surface area contributed by atoms with E-state index in [1.807, 2.05) is 0 Å². The summed E-state index contributed by atoms with van der Waals surface area (Å²) in [5.41, 5.74) is 0. The Hall–Kier alpha value is 2.53. The van der Waals surface area contributed by atoms with E-state index in [1.165, 1.54) is 0 Å². The Morgan fingerprint density at radius 2 is 1.25 bits per heavy atom. The third-order valence-electron chi connectivity index (χ3n) is 0. The van der Waals surface area contributed by atoms with Crippen LogP contribution in [-0.4, -0.2) is 70.2 Å². The van der Waals surface area contributed by atoms with Crippen molar-refractivity contribution in [2.75, 3.05) is 0 Å². The summed E-state index contributed by atoms with van der Waals surface area (Å²) >= 11 is 2.62. The Morgan fingerprint density at radius 1 is 1.25 bits per heavy atom. The molecule has 0 amide bonds. The molecule has 0 aromatic heterocycles. The monoisotopic (exact) mass is 122 g/mol. The van der Waals surface area contributed by atoms with Crippen LogP contribution < -0.4 is 0 Å². The zero-order chi connectivity index (χ0) is 2.00. The predicted octanol–water partition coefficient (Wildman–Crippen LogP) is -1.42.